The van der Waals surface area contributed by atoms with E-state index in [0.717, 1.165) is 32.7 Å². The molecular formula is C18H24N4O3. The van der Waals surface area contributed by atoms with E-state index in [9.17, 15) is 14.4 Å². The van der Waals surface area contributed by atoms with E-state index >= 15 is 0 Å². The Hall–Kier alpha value is -2.25. The van der Waals surface area contributed by atoms with Crippen LogP contribution in [0.2, 0.25) is 0 Å². The summed E-state index contributed by atoms with van der Waals surface area (Å²) >= 11 is 0. The third-order valence-corrected chi connectivity index (χ3v) is 4.86. The first kappa shape index (κ1) is 17.6. The standard InChI is InChI=1S/C18H24N4O3/c1-3-20-8-10-21(11-9-20)16-12-17(24)22(18(16)25)15-6-4-14(5-7-15)19-13(2)23/h4-7,16H,3,8-12H2,1-2H3,(H,19,23)/t16-/m0/s1. The third-order valence-electron chi connectivity index (χ3n) is 4.86. The van der Waals surface area contributed by atoms with Gasteiger partial charge in [0.15, 0.2) is 0 Å². The van der Waals surface area contributed by atoms with Crippen LogP contribution in [-0.2, 0) is 14.4 Å². The summed E-state index contributed by atoms with van der Waals surface area (Å²) in [5.74, 6) is -0.477. The fourth-order valence-electron chi connectivity index (χ4n) is 3.46. The molecule has 2 heterocycles. The summed E-state index contributed by atoms with van der Waals surface area (Å²) < 4.78 is 0. The number of likely N-dealkylation sites (N-methyl/N-ethyl adjacent to an activating group) is 1. The predicted octanol–water partition coefficient (Wildman–Crippen LogP) is 0.914. The van der Waals surface area contributed by atoms with Crippen molar-refractivity contribution in [2.75, 3.05) is 42.9 Å². The van der Waals surface area contributed by atoms with Crippen molar-refractivity contribution in [2.45, 2.75) is 26.3 Å². The quantitative estimate of drug-likeness (QED) is 0.822. The molecule has 0 spiro atoms. The molecular weight excluding hydrogens is 320 g/mol. The number of hydrogen-bond donors (Lipinski definition) is 1. The maximum absolute atomic E-state index is 12.8. The van der Waals surface area contributed by atoms with E-state index in [1.807, 2.05) is 0 Å². The SMILES string of the molecule is CCN1CCN([C@H]2CC(=O)N(c3ccc(NC(C)=O)cc3)C2=O)CC1. The summed E-state index contributed by atoms with van der Waals surface area (Å²) in [6, 6.07) is 6.42. The average Bonchev–Trinajstić information content (AvgIpc) is 2.90. The minimum Gasteiger partial charge on any atom is -0.326 e. The van der Waals surface area contributed by atoms with Crippen molar-refractivity contribution < 1.29 is 14.4 Å². The van der Waals surface area contributed by atoms with E-state index in [0.29, 0.717) is 11.4 Å². The zero-order chi connectivity index (χ0) is 18.0. The van der Waals surface area contributed by atoms with Gasteiger partial charge in [-0.2, -0.15) is 0 Å². The van der Waals surface area contributed by atoms with Gasteiger partial charge in [-0.1, -0.05) is 6.92 Å². The average molecular weight is 344 g/mol. The number of anilines is 2. The second-order valence-electron chi connectivity index (χ2n) is 6.49. The molecule has 1 N–H and O–H groups in total. The van der Waals surface area contributed by atoms with Gasteiger partial charge in [-0.25, -0.2) is 4.90 Å². The first-order valence-corrected chi connectivity index (χ1v) is 8.70. The van der Waals surface area contributed by atoms with Gasteiger partial charge in [0.2, 0.25) is 11.8 Å². The zero-order valence-electron chi connectivity index (χ0n) is 14.7. The molecule has 1 atom stereocenters. The maximum Gasteiger partial charge on any atom is 0.251 e. The monoisotopic (exact) mass is 344 g/mol. The Morgan fingerprint density at radius 3 is 2.32 bits per heavy atom. The minimum atomic E-state index is -0.360. The number of rotatable bonds is 4. The molecule has 2 saturated heterocycles. The summed E-state index contributed by atoms with van der Waals surface area (Å²) in [6.07, 6.45) is 0.235. The lowest BCUT2D eigenvalue weighted by Gasteiger charge is -2.36. The zero-order valence-corrected chi connectivity index (χ0v) is 14.7. The molecule has 134 valence electrons. The molecule has 7 heteroatoms. The number of nitrogens with zero attached hydrogens (tertiary/aromatic N) is 3. The van der Waals surface area contributed by atoms with Gasteiger partial charge in [0, 0.05) is 38.8 Å². The third kappa shape index (κ3) is 3.72. The highest BCUT2D eigenvalue weighted by Crippen LogP contribution is 2.27. The topological polar surface area (TPSA) is 73.0 Å². The molecule has 0 bridgehead atoms. The Morgan fingerprint density at radius 2 is 1.76 bits per heavy atom. The Balaban J connectivity index is 1.70. The Kier molecular flexibility index (Phi) is 5.15. The van der Waals surface area contributed by atoms with Gasteiger partial charge in [0.05, 0.1) is 18.2 Å². The van der Waals surface area contributed by atoms with Crippen LogP contribution >= 0.6 is 0 Å². The lowest BCUT2D eigenvalue weighted by atomic mass is 10.1. The van der Waals surface area contributed by atoms with Gasteiger partial charge in [0.1, 0.15) is 0 Å². The van der Waals surface area contributed by atoms with Crippen molar-refractivity contribution in [3.63, 3.8) is 0 Å². The maximum atomic E-state index is 12.8. The molecule has 7 nitrogen and oxygen atoms in total. The van der Waals surface area contributed by atoms with Crippen molar-refractivity contribution in [3.8, 4) is 0 Å². The number of amides is 3. The van der Waals surface area contributed by atoms with E-state index in [4.69, 9.17) is 0 Å². The second-order valence-corrected chi connectivity index (χ2v) is 6.49. The van der Waals surface area contributed by atoms with Crippen molar-refractivity contribution in [2.24, 2.45) is 0 Å². The molecule has 1 aromatic carbocycles. The van der Waals surface area contributed by atoms with Gasteiger partial charge < -0.3 is 10.2 Å². The van der Waals surface area contributed by atoms with Crippen LogP contribution in [0.5, 0.6) is 0 Å². The Labute approximate surface area is 147 Å². The number of nitrogens with one attached hydrogen (secondary N) is 1. The fraction of sp³-hybridized carbons (Fsp3) is 0.500. The number of carbonyl (C=O) groups excluding carboxylic acids is 3. The summed E-state index contributed by atoms with van der Waals surface area (Å²) in [4.78, 5) is 42.1. The van der Waals surface area contributed by atoms with E-state index < -0.39 is 0 Å². The largest absolute Gasteiger partial charge is 0.326 e. The van der Waals surface area contributed by atoms with Crippen molar-refractivity contribution >= 4 is 29.1 Å². The Bertz CT molecular complexity index is 665. The fourth-order valence-corrected chi connectivity index (χ4v) is 3.46. The van der Waals surface area contributed by atoms with Crippen LogP contribution in [0.15, 0.2) is 24.3 Å². The van der Waals surface area contributed by atoms with Crippen LogP contribution in [0.4, 0.5) is 11.4 Å². The highest BCUT2D eigenvalue weighted by Gasteiger charge is 2.43. The summed E-state index contributed by atoms with van der Waals surface area (Å²) in [6.45, 7) is 8.06. The van der Waals surface area contributed by atoms with Gasteiger partial charge >= 0.3 is 0 Å². The number of carbonyl (C=O) groups is 3. The van der Waals surface area contributed by atoms with E-state index in [2.05, 4.69) is 22.0 Å². The smallest absolute Gasteiger partial charge is 0.251 e. The lowest BCUT2D eigenvalue weighted by molar-refractivity contribution is -0.123. The molecule has 2 aliphatic rings. The number of hydrogen-bond acceptors (Lipinski definition) is 5. The van der Waals surface area contributed by atoms with Crippen LogP contribution in [-0.4, -0.2) is 66.3 Å². The molecule has 0 unspecified atom stereocenters. The van der Waals surface area contributed by atoms with Gasteiger partial charge in [-0.3, -0.25) is 19.3 Å². The summed E-state index contributed by atoms with van der Waals surface area (Å²) in [5, 5.41) is 2.67. The van der Waals surface area contributed by atoms with Gasteiger partial charge in [-0.05, 0) is 30.8 Å². The molecule has 0 aromatic heterocycles. The summed E-state index contributed by atoms with van der Waals surface area (Å²) in [7, 11) is 0. The highest BCUT2D eigenvalue weighted by atomic mass is 16.2. The molecule has 1 aromatic rings. The Morgan fingerprint density at radius 1 is 1.12 bits per heavy atom. The van der Waals surface area contributed by atoms with Crippen LogP contribution in [0.3, 0.4) is 0 Å². The van der Waals surface area contributed by atoms with Gasteiger partial charge in [0.25, 0.3) is 5.91 Å². The van der Waals surface area contributed by atoms with Gasteiger partial charge in [-0.15, -0.1) is 0 Å². The molecule has 3 amide bonds. The molecule has 2 fully saturated rings. The molecule has 2 aliphatic heterocycles. The first-order valence-electron chi connectivity index (χ1n) is 8.70. The van der Waals surface area contributed by atoms with E-state index in [1.54, 1.807) is 24.3 Å². The molecule has 3 rings (SSSR count). The molecule has 25 heavy (non-hydrogen) atoms. The van der Waals surface area contributed by atoms with Crippen molar-refractivity contribution in [1.29, 1.82) is 0 Å². The summed E-state index contributed by atoms with van der Waals surface area (Å²) in [5.41, 5.74) is 1.20. The highest BCUT2D eigenvalue weighted by molar-refractivity contribution is 6.22. The van der Waals surface area contributed by atoms with Crippen LogP contribution in [0, 0.1) is 0 Å². The second kappa shape index (κ2) is 7.33. The van der Waals surface area contributed by atoms with Crippen molar-refractivity contribution in [1.82, 2.24) is 9.80 Å². The number of imide groups is 1. The number of benzene rings is 1. The minimum absolute atomic E-state index is 0.151. The van der Waals surface area contributed by atoms with Crippen LogP contribution in [0.25, 0.3) is 0 Å². The van der Waals surface area contributed by atoms with Crippen molar-refractivity contribution in [3.05, 3.63) is 24.3 Å². The lowest BCUT2D eigenvalue weighted by Crippen LogP contribution is -2.52. The first-order chi connectivity index (χ1) is 12.0. The normalized spacial score (nSPS) is 22.5. The van der Waals surface area contributed by atoms with E-state index in [-0.39, 0.29) is 30.2 Å². The molecule has 0 radical (unpaired) electrons. The molecule has 0 saturated carbocycles. The molecule has 0 aliphatic carbocycles. The van der Waals surface area contributed by atoms with Crippen LogP contribution in [0.1, 0.15) is 20.3 Å². The van der Waals surface area contributed by atoms with Crippen LogP contribution < -0.4 is 10.2 Å². The predicted molar refractivity (Wildman–Crippen MR) is 95.3 cm³/mol. The van der Waals surface area contributed by atoms with E-state index in [1.165, 1.54) is 11.8 Å². The number of piperazine rings is 1.